The van der Waals surface area contributed by atoms with Crippen LogP contribution in [-0.2, 0) is 6.54 Å². The molecule has 0 radical (unpaired) electrons. The molecule has 1 amide bonds. The van der Waals surface area contributed by atoms with E-state index in [9.17, 15) is 14.0 Å². The number of hydrogen-bond donors (Lipinski definition) is 0. The fourth-order valence-electron chi connectivity index (χ4n) is 4.10. The van der Waals surface area contributed by atoms with Crippen LogP contribution in [0, 0.1) is 5.82 Å². The van der Waals surface area contributed by atoms with Crippen LogP contribution in [0.3, 0.4) is 0 Å². The van der Waals surface area contributed by atoms with E-state index >= 15 is 0 Å². The number of hydrogen-bond acceptors (Lipinski definition) is 4. The highest BCUT2D eigenvalue weighted by molar-refractivity contribution is 7.98. The van der Waals surface area contributed by atoms with E-state index in [0.29, 0.717) is 5.02 Å². The Kier molecular flexibility index (Phi) is 5.27. The summed E-state index contributed by atoms with van der Waals surface area (Å²) in [5, 5.41) is 0.640. The molecule has 1 aromatic heterocycles. The van der Waals surface area contributed by atoms with Crippen LogP contribution in [0.1, 0.15) is 33.3 Å². The van der Waals surface area contributed by atoms with Crippen molar-refractivity contribution < 1.29 is 13.6 Å². The number of nitrogens with zero attached hydrogens (tertiary/aromatic N) is 1. The molecule has 7 heteroatoms. The van der Waals surface area contributed by atoms with Crippen molar-refractivity contribution in [2.45, 2.75) is 17.5 Å². The van der Waals surface area contributed by atoms with Crippen molar-refractivity contribution in [3.8, 4) is 0 Å². The Hall–Kier alpha value is -3.09. The fraction of sp³-hybridized carbons (Fsp3) is 0.120. The summed E-state index contributed by atoms with van der Waals surface area (Å²) >= 11 is 7.96. The maximum absolute atomic E-state index is 13.9. The third-order valence-corrected chi connectivity index (χ3v) is 6.77. The summed E-state index contributed by atoms with van der Waals surface area (Å²) in [5.41, 5.74) is 1.51. The molecule has 0 fully saturated rings. The summed E-state index contributed by atoms with van der Waals surface area (Å²) in [7, 11) is 0. The molecule has 5 rings (SSSR count). The Morgan fingerprint density at radius 3 is 2.53 bits per heavy atom. The van der Waals surface area contributed by atoms with Crippen molar-refractivity contribution in [1.29, 1.82) is 0 Å². The third-order valence-electron chi connectivity index (χ3n) is 5.66. The normalized spacial score (nSPS) is 15.4. The minimum Gasteiger partial charge on any atom is -0.450 e. The predicted octanol–water partition coefficient (Wildman–Crippen LogP) is 6.05. The van der Waals surface area contributed by atoms with Crippen LogP contribution in [0.5, 0.6) is 0 Å². The number of thioether (sulfide) groups is 1. The summed E-state index contributed by atoms with van der Waals surface area (Å²) in [6.45, 7) is 0.196. The lowest BCUT2D eigenvalue weighted by Crippen LogP contribution is -2.29. The Morgan fingerprint density at radius 1 is 1.06 bits per heavy atom. The van der Waals surface area contributed by atoms with Gasteiger partial charge in [0, 0.05) is 16.5 Å². The van der Waals surface area contributed by atoms with Gasteiger partial charge >= 0.3 is 0 Å². The van der Waals surface area contributed by atoms with Gasteiger partial charge in [-0.05, 0) is 53.8 Å². The molecule has 0 bridgehead atoms. The van der Waals surface area contributed by atoms with Gasteiger partial charge in [0.25, 0.3) is 5.91 Å². The molecule has 1 aliphatic heterocycles. The molecule has 0 N–H and O–H groups in total. The zero-order chi connectivity index (χ0) is 22.4. The third kappa shape index (κ3) is 3.40. The highest BCUT2D eigenvalue weighted by Gasteiger charge is 2.42. The molecule has 0 saturated carbocycles. The monoisotopic (exact) mass is 465 g/mol. The predicted molar refractivity (Wildman–Crippen MR) is 124 cm³/mol. The van der Waals surface area contributed by atoms with Gasteiger partial charge in [0.1, 0.15) is 11.4 Å². The topological polar surface area (TPSA) is 50.5 Å². The number of carbonyl (C=O) groups excluding carboxylic acids is 1. The van der Waals surface area contributed by atoms with Gasteiger partial charge in [0.2, 0.25) is 5.76 Å². The van der Waals surface area contributed by atoms with Gasteiger partial charge in [-0.15, -0.1) is 11.8 Å². The fourth-order valence-corrected chi connectivity index (χ4v) is 4.70. The van der Waals surface area contributed by atoms with Gasteiger partial charge in [-0.1, -0.05) is 41.9 Å². The Balaban J connectivity index is 1.73. The van der Waals surface area contributed by atoms with Gasteiger partial charge < -0.3 is 9.32 Å². The van der Waals surface area contributed by atoms with Crippen LogP contribution in [0.4, 0.5) is 4.39 Å². The standard InChI is InChI=1S/C25H17ClFNO3S/c1-32-17-9-6-14(7-10-17)22-21-23(29)18-12-16(27)8-11-20(18)31-24(21)25(30)28(22)13-15-4-2-3-5-19(15)26/h2-12,22H,13H2,1H3/t22-/m0/s1. The van der Waals surface area contributed by atoms with Crippen LogP contribution in [0.15, 0.2) is 80.8 Å². The average Bonchev–Trinajstić information content (AvgIpc) is 3.08. The van der Waals surface area contributed by atoms with E-state index in [2.05, 4.69) is 0 Å². The maximum Gasteiger partial charge on any atom is 0.291 e. The van der Waals surface area contributed by atoms with Crippen molar-refractivity contribution in [2.24, 2.45) is 0 Å². The van der Waals surface area contributed by atoms with E-state index in [4.69, 9.17) is 16.0 Å². The second-order valence-corrected chi connectivity index (χ2v) is 8.80. The Labute approximate surface area is 192 Å². The zero-order valence-electron chi connectivity index (χ0n) is 17.0. The smallest absolute Gasteiger partial charge is 0.291 e. The SMILES string of the molecule is CSc1ccc([C@H]2c3c(oc4ccc(F)cc4c3=O)C(=O)N2Cc2ccccc2Cl)cc1. The number of rotatable bonds is 4. The summed E-state index contributed by atoms with van der Waals surface area (Å²) in [5.74, 6) is -0.954. The summed E-state index contributed by atoms with van der Waals surface area (Å²) < 4.78 is 19.7. The Bertz CT molecular complexity index is 1420. The first-order valence-electron chi connectivity index (χ1n) is 9.92. The second kappa shape index (κ2) is 8.11. The molecule has 0 saturated heterocycles. The number of benzene rings is 3. The molecule has 3 aromatic carbocycles. The molecule has 0 unspecified atom stereocenters. The zero-order valence-corrected chi connectivity index (χ0v) is 18.5. The van der Waals surface area contributed by atoms with E-state index < -0.39 is 23.2 Å². The molecule has 0 aliphatic carbocycles. The molecule has 32 heavy (non-hydrogen) atoms. The van der Waals surface area contributed by atoms with Crippen LogP contribution < -0.4 is 5.43 Å². The average molecular weight is 466 g/mol. The van der Waals surface area contributed by atoms with Gasteiger partial charge in [0.05, 0.1) is 17.0 Å². The maximum atomic E-state index is 13.9. The van der Waals surface area contributed by atoms with E-state index in [1.165, 1.54) is 12.1 Å². The molecular weight excluding hydrogens is 449 g/mol. The van der Waals surface area contributed by atoms with E-state index in [1.807, 2.05) is 48.7 Å². The lowest BCUT2D eigenvalue weighted by Gasteiger charge is -2.25. The first-order valence-corrected chi connectivity index (χ1v) is 11.5. The van der Waals surface area contributed by atoms with E-state index in [1.54, 1.807) is 22.7 Å². The van der Waals surface area contributed by atoms with Crippen molar-refractivity contribution in [3.05, 3.63) is 110 Å². The number of halogens is 2. The van der Waals surface area contributed by atoms with Crippen LogP contribution >= 0.6 is 23.4 Å². The van der Waals surface area contributed by atoms with Gasteiger partial charge in [0.15, 0.2) is 5.43 Å². The molecule has 0 spiro atoms. The first-order chi connectivity index (χ1) is 15.5. The van der Waals surface area contributed by atoms with E-state index in [0.717, 1.165) is 22.1 Å². The van der Waals surface area contributed by atoms with Crippen LogP contribution in [0.2, 0.25) is 5.02 Å². The molecule has 2 heterocycles. The lowest BCUT2D eigenvalue weighted by molar-refractivity contribution is 0.0714. The van der Waals surface area contributed by atoms with Crippen molar-refractivity contribution in [2.75, 3.05) is 6.26 Å². The number of carbonyl (C=O) groups is 1. The number of amides is 1. The van der Waals surface area contributed by atoms with Crippen molar-refractivity contribution >= 4 is 40.2 Å². The summed E-state index contributed by atoms with van der Waals surface area (Å²) in [6, 6.07) is 18.0. The van der Waals surface area contributed by atoms with Crippen LogP contribution in [0.25, 0.3) is 11.0 Å². The van der Waals surface area contributed by atoms with E-state index in [-0.39, 0.29) is 28.8 Å². The summed E-state index contributed by atoms with van der Waals surface area (Å²) in [4.78, 5) is 29.6. The van der Waals surface area contributed by atoms with Crippen molar-refractivity contribution in [3.63, 3.8) is 0 Å². The molecule has 4 aromatic rings. The molecule has 1 atom stereocenters. The highest BCUT2D eigenvalue weighted by atomic mass is 35.5. The molecular formula is C25H17ClFNO3S. The largest absolute Gasteiger partial charge is 0.450 e. The quantitative estimate of drug-likeness (QED) is 0.344. The second-order valence-electron chi connectivity index (χ2n) is 7.51. The Morgan fingerprint density at radius 2 is 1.81 bits per heavy atom. The van der Waals surface area contributed by atoms with Crippen molar-refractivity contribution in [1.82, 2.24) is 4.90 Å². The molecule has 1 aliphatic rings. The molecule has 160 valence electrons. The summed E-state index contributed by atoms with van der Waals surface area (Å²) in [6.07, 6.45) is 1.97. The molecule has 4 nitrogen and oxygen atoms in total. The number of fused-ring (bicyclic) bond motifs is 2. The minimum absolute atomic E-state index is 0.0138. The van der Waals surface area contributed by atoms with Crippen LogP contribution in [-0.4, -0.2) is 17.1 Å². The van der Waals surface area contributed by atoms with Gasteiger partial charge in [-0.25, -0.2) is 4.39 Å². The van der Waals surface area contributed by atoms with Gasteiger partial charge in [-0.3, -0.25) is 9.59 Å². The lowest BCUT2D eigenvalue weighted by atomic mass is 9.98. The van der Waals surface area contributed by atoms with Gasteiger partial charge in [-0.2, -0.15) is 0 Å². The highest BCUT2D eigenvalue weighted by Crippen LogP contribution is 2.40. The minimum atomic E-state index is -0.673. The first kappa shape index (κ1) is 20.8.